The average molecular weight is 329 g/mol. The molecule has 6 nitrogen and oxygen atoms in total. The molecule has 2 saturated heterocycles. The normalized spacial score (nSPS) is 29.9. The molecule has 1 saturated carbocycles. The van der Waals surface area contributed by atoms with Gasteiger partial charge < -0.3 is 10.2 Å². The number of likely N-dealkylation sites (tertiary alicyclic amines) is 1. The van der Waals surface area contributed by atoms with Crippen LogP contribution in [0.5, 0.6) is 0 Å². The molecule has 3 aliphatic rings. The quantitative estimate of drug-likeness (QED) is 0.780. The summed E-state index contributed by atoms with van der Waals surface area (Å²) in [5, 5.41) is 3.34. The Morgan fingerprint density at radius 1 is 1.14 bits per heavy atom. The van der Waals surface area contributed by atoms with Gasteiger partial charge in [-0.15, -0.1) is 0 Å². The molecule has 1 amide bonds. The maximum absolute atomic E-state index is 13.0. The van der Waals surface area contributed by atoms with Gasteiger partial charge >= 0.3 is 0 Å². The third-order valence-corrected chi connectivity index (χ3v) is 7.63. The van der Waals surface area contributed by atoms with Crippen molar-refractivity contribution in [2.75, 3.05) is 45.5 Å². The first kappa shape index (κ1) is 16.2. The van der Waals surface area contributed by atoms with Gasteiger partial charge in [-0.1, -0.05) is 12.8 Å². The van der Waals surface area contributed by atoms with Gasteiger partial charge in [0.1, 0.15) is 0 Å². The monoisotopic (exact) mass is 329 g/mol. The molecule has 7 heteroatoms. The molecule has 3 rings (SSSR count). The van der Waals surface area contributed by atoms with Gasteiger partial charge in [-0.05, 0) is 19.3 Å². The summed E-state index contributed by atoms with van der Waals surface area (Å²) in [6, 6.07) is 0.393. The van der Waals surface area contributed by atoms with Gasteiger partial charge in [0.2, 0.25) is 5.91 Å². The summed E-state index contributed by atoms with van der Waals surface area (Å²) in [7, 11) is -3.36. The average Bonchev–Trinajstić information content (AvgIpc) is 3.17. The van der Waals surface area contributed by atoms with E-state index in [9.17, 15) is 13.2 Å². The van der Waals surface area contributed by atoms with Crippen molar-refractivity contribution in [3.63, 3.8) is 0 Å². The molecule has 0 aromatic carbocycles. The highest BCUT2D eigenvalue weighted by Gasteiger charge is 2.52. The highest BCUT2D eigenvalue weighted by molar-refractivity contribution is 7.92. The Labute approximate surface area is 133 Å². The summed E-state index contributed by atoms with van der Waals surface area (Å²) in [6.45, 7) is 5.42. The molecule has 1 atom stereocenters. The lowest BCUT2D eigenvalue weighted by molar-refractivity contribution is -0.133. The zero-order valence-electron chi connectivity index (χ0n) is 13.4. The van der Waals surface area contributed by atoms with Crippen LogP contribution >= 0.6 is 0 Å². The molecule has 0 spiro atoms. The summed E-state index contributed by atoms with van der Waals surface area (Å²) in [5.74, 6) is -0.134. The van der Waals surface area contributed by atoms with Gasteiger partial charge in [-0.2, -0.15) is 0 Å². The molecule has 2 aliphatic heterocycles. The molecule has 1 unspecified atom stereocenters. The predicted octanol–water partition coefficient (Wildman–Crippen LogP) is -0.150. The lowest BCUT2D eigenvalue weighted by atomic mass is 10.1. The van der Waals surface area contributed by atoms with Crippen LogP contribution in [0.2, 0.25) is 0 Å². The molecule has 126 valence electrons. The smallest absolute Gasteiger partial charge is 0.244 e. The first-order valence-electron chi connectivity index (χ1n) is 8.38. The van der Waals surface area contributed by atoms with Crippen LogP contribution in [0, 0.1) is 0 Å². The molecular formula is C15H27N3O3S. The van der Waals surface area contributed by atoms with Crippen LogP contribution in [0.25, 0.3) is 0 Å². The third kappa shape index (κ3) is 2.78. The number of nitrogens with one attached hydrogen (secondary N) is 1. The highest BCUT2D eigenvalue weighted by atomic mass is 32.2. The number of amides is 1. The minimum absolute atomic E-state index is 0.134. The van der Waals surface area contributed by atoms with E-state index >= 15 is 0 Å². The first-order valence-corrected chi connectivity index (χ1v) is 10.3. The Morgan fingerprint density at radius 2 is 1.77 bits per heavy atom. The molecule has 22 heavy (non-hydrogen) atoms. The van der Waals surface area contributed by atoms with Crippen LogP contribution in [-0.2, 0) is 14.6 Å². The van der Waals surface area contributed by atoms with Crippen molar-refractivity contribution in [3.8, 4) is 0 Å². The number of hydrogen-bond donors (Lipinski definition) is 1. The molecular weight excluding hydrogens is 302 g/mol. The van der Waals surface area contributed by atoms with E-state index < -0.39 is 14.6 Å². The fourth-order valence-electron chi connectivity index (χ4n) is 4.25. The largest absolute Gasteiger partial charge is 0.340 e. The second-order valence-corrected chi connectivity index (χ2v) is 9.28. The van der Waals surface area contributed by atoms with Crippen molar-refractivity contribution in [2.45, 2.75) is 42.9 Å². The molecule has 3 fully saturated rings. The molecule has 0 aromatic heterocycles. The van der Waals surface area contributed by atoms with Crippen molar-refractivity contribution in [2.24, 2.45) is 0 Å². The van der Waals surface area contributed by atoms with E-state index in [0.29, 0.717) is 32.0 Å². The van der Waals surface area contributed by atoms with Crippen molar-refractivity contribution in [1.29, 1.82) is 0 Å². The molecule has 0 bridgehead atoms. The first-order chi connectivity index (χ1) is 10.4. The zero-order valence-corrected chi connectivity index (χ0v) is 14.2. The van der Waals surface area contributed by atoms with E-state index in [-0.39, 0.29) is 5.91 Å². The van der Waals surface area contributed by atoms with Gasteiger partial charge in [0.15, 0.2) is 14.6 Å². The fourth-order valence-corrected chi connectivity index (χ4v) is 5.73. The molecule has 0 radical (unpaired) electrons. The number of piperazine rings is 1. The second kappa shape index (κ2) is 6.09. The Bertz CT molecular complexity index is 522. The third-order valence-electron chi connectivity index (χ3n) is 5.63. The van der Waals surface area contributed by atoms with E-state index in [1.54, 1.807) is 0 Å². The second-order valence-electron chi connectivity index (χ2n) is 6.95. The summed E-state index contributed by atoms with van der Waals surface area (Å²) in [5.41, 5.74) is 0. The van der Waals surface area contributed by atoms with E-state index in [1.807, 2.05) is 4.90 Å². The fraction of sp³-hybridized carbons (Fsp3) is 0.933. The van der Waals surface area contributed by atoms with Gasteiger partial charge in [0, 0.05) is 51.6 Å². The van der Waals surface area contributed by atoms with E-state index in [2.05, 4.69) is 10.2 Å². The zero-order chi connectivity index (χ0) is 15.8. The minimum atomic E-state index is -3.36. The van der Waals surface area contributed by atoms with Crippen LogP contribution in [0.1, 0.15) is 32.1 Å². The predicted molar refractivity (Wildman–Crippen MR) is 85.5 cm³/mol. The van der Waals surface area contributed by atoms with Gasteiger partial charge in [0.05, 0.1) is 0 Å². The van der Waals surface area contributed by atoms with Crippen molar-refractivity contribution < 1.29 is 13.2 Å². The Morgan fingerprint density at radius 3 is 2.36 bits per heavy atom. The summed E-state index contributed by atoms with van der Waals surface area (Å²) in [6.07, 6.45) is 4.88. The van der Waals surface area contributed by atoms with E-state index in [0.717, 1.165) is 45.4 Å². The lowest BCUT2D eigenvalue weighted by Gasteiger charge is -2.34. The van der Waals surface area contributed by atoms with Crippen LogP contribution in [0.3, 0.4) is 0 Å². The van der Waals surface area contributed by atoms with Gasteiger partial charge in [-0.25, -0.2) is 8.42 Å². The molecule has 0 aromatic rings. The minimum Gasteiger partial charge on any atom is -0.340 e. The number of carbonyl (C=O) groups is 1. The van der Waals surface area contributed by atoms with Crippen LogP contribution in [-0.4, -0.2) is 80.4 Å². The Balaban J connectivity index is 1.70. The molecule has 1 aliphatic carbocycles. The van der Waals surface area contributed by atoms with Crippen molar-refractivity contribution in [3.05, 3.63) is 0 Å². The SMILES string of the molecule is CS(=O)(=O)C1(C(=O)N2CCC(N3CCNCC3)C2)CCCC1. The number of carbonyl (C=O) groups excluding carboxylic acids is 1. The summed E-state index contributed by atoms with van der Waals surface area (Å²) >= 11 is 0. The number of nitrogens with zero attached hydrogens (tertiary/aromatic N) is 2. The van der Waals surface area contributed by atoms with E-state index in [1.165, 1.54) is 6.26 Å². The summed E-state index contributed by atoms with van der Waals surface area (Å²) < 4.78 is 23.4. The van der Waals surface area contributed by atoms with Crippen LogP contribution in [0.4, 0.5) is 0 Å². The van der Waals surface area contributed by atoms with Crippen LogP contribution < -0.4 is 5.32 Å². The van der Waals surface area contributed by atoms with Crippen molar-refractivity contribution in [1.82, 2.24) is 15.1 Å². The Kier molecular flexibility index (Phi) is 4.49. The standard InChI is InChI=1S/C15H27N3O3S/c1-22(20,21)15(5-2-3-6-15)14(19)18-9-4-13(12-18)17-10-7-16-8-11-17/h13,16H,2-12H2,1H3. The number of hydrogen-bond acceptors (Lipinski definition) is 5. The summed E-state index contributed by atoms with van der Waals surface area (Å²) in [4.78, 5) is 17.2. The Hall–Kier alpha value is -0.660. The number of sulfone groups is 1. The van der Waals surface area contributed by atoms with E-state index in [4.69, 9.17) is 0 Å². The van der Waals surface area contributed by atoms with Crippen molar-refractivity contribution >= 4 is 15.7 Å². The van der Waals surface area contributed by atoms with Gasteiger partial charge in [-0.3, -0.25) is 9.69 Å². The number of rotatable bonds is 3. The maximum Gasteiger partial charge on any atom is 0.244 e. The molecule has 2 heterocycles. The maximum atomic E-state index is 13.0. The lowest BCUT2D eigenvalue weighted by Crippen LogP contribution is -2.53. The molecule has 1 N–H and O–H groups in total. The topological polar surface area (TPSA) is 69.7 Å². The highest BCUT2D eigenvalue weighted by Crippen LogP contribution is 2.39. The van der Waals surface area contributed by atoms with Crippen LogP contribution in [0.15, 0.2) is 0 Å². The van der Waals surface area contributed by atoms with Gasteiger partial charge in [0.25, 0.3) is 0 Å².